The van der Waals surface area contributed by atoms with Gasteiger partial charge in [-0.05, 0) is 22.6 Å². The molecular weight excluding hydrogens is 394 g/mol. The molecule has 152 valence electrons. The topological polar surface area (TPSA) is 64.0 Å². The third kappa shape index (κ3) is 4.19. The number of amides is 1. The fraction of sp³-hybridized carbons (Fsp3) is 0.208. The molecule has 0 aliphatic rings. The Balaban J connectivity index is 1.58. The second-order valence-corrected chi connectivity index (χ2v) is 8.40. The van der Waals surface area contributed by atoms with E-state index in [4.69, 9.17) is 0 Å². The lowest BCUT2D eigenvalue weighted by Gasteiger charge is -2.09. The van der Waals surface area contributed by atoms with Gasteiger partial charge in [-0.1, -0.05) is 68.4 Å². The molecular formula is C24H23N3O2S. The zero-order valence-corrected chi connectivity index (χ0v) is 17.8. The van der Waals surface area contributed by atoms with E-state index in [0.717, 1.165) is 16.7 Å². The predicted molar refractivity (Wildman–Crippen MR) is 122 cm³/mol. The zero-order chi connectivity index (χ0) is 21.1. The minimum Gasteiger partial charge on any atom is -0.350 e. The van der Waals surface area contributed by atoms with Crippen molar-refractivity contribution in [1.82, 2.24) is 14.9 Å². The van der Waals surface area contributed by atoms with Gasteiger partial charge in [-0.3, -0.25) is 14.2 Å². The van der Waals surface area contributed by atoms with Crippen LogP contribution in [0.15, 0.2) is 71.1 Å². The predicted octanol–water partition coefficient (Wildman–Crippen LogP) is 4.56. The number of nitrogens with one attached hydrogen (secondary N) is 1. The highest BCUT2D eigenvalue weighted by atomic mass is 32.1. The summed E-state index contributed by atoms with van der Waals surface area (Å²) < 4.78 is 1.38. The molecule has 30 heavy (non-hydrogen) atoms. The highest BCUT2D eigenvalue weighted by Gasteiger charge is 2.15. The minimum atomic E-state index is -0.222. The van der Waals surface area contributed by atoms with Gasteiger partial charge in [0.15, 0.2) is 0 Å². The Bertz CT molecular complexity index is 1230. The van der Waals surface area contributed by atoms with Crippen molar-refractivity contribution >= 4 is 27.5 Å². The van der Waals surface area contributed by atoms with E-state index in [2.05, 4.69) is 36.3 Å². The van der Waals surface area contributed by atoms with Crippen molar-refractivity contribution in [3.63, 3.8) is 0 Å². The van der Waals surface area contributed by atoms with Gasteiger partial charge in [0.1, 0.15) is 11.4 Å². The van der Waals surface area contributed by atoms with Crippen LogP contribution in [-0.2, 0) is 17.9 Å². The molecule has 2 aromatic heterocycles. The van der Waals surface area contributed by atoms with Crippen LogP contribution < -0.4 is 10.9 Å². The van der Waals surface area contributed by atoms with E-state index in [0.29, 0.717) is 22.7 Å². The fourth-order valence-corrected chi connectivity index (χ4v) is 4.25. The molecule has 1 amide bonds. The Hall–Kier alpha value is -3.25. The molecule has 0 unspecified atom stereocenters. The normalized spacial score (nSPS) is 11.2. The minimum absolute atomic E-state index is 0.0593. The number of nitrogens with zero attached hydrogens (tertiary/aromatic N) is 2. The van der Waals surface area contributed by atoms with Crippen molar-refractivity contribution in [2.45, 2.75) is 32.9 Å². The monoisotopic (exact) mass is 417 g/mol. The zero-order valence-electron chi connectivity index (χ0n) is 17.0. The van der Waals surface area contributed by atoms with Crippen molar-refractivity contribution in [3.8, 4) is 11.1 Å². The number of aromatic nitrogens is 2. The number of hydrogen-bond acceptors (Lipinski definition) is 4. The van der Waals surface area contributed by atoms with Gasteiger partial charge in [0, 0.05) is 17.5 Å². The lowest BCUT2D eigenvalue weighted by Crippen LogP contribution is -2.32. The van der Waals surface area contributed by atoms with Gasteiger partial charge in [0.2, 0.25) is 5.91 Å². The molecule has 0 saturated carbocycles. The second kappa shape index (κ2) is 8.63. The molecule has 2 heterocycles. The maximum atomic E-state index is 13.1. The van der Waals surface area contributed by atoms with Crippen LogP contribution in [0.4, 0.5) is 0 Å². The first-order valence-electron chi connectivity index (χ1n) is 9.90. The van der Waals surface area contributed by atoms with E-state index in [1.807, 2.05) is 47.8 Å². The van der Waals surface area contributed by atoms with Crippen LogP contribution in [0.5, 0.6) is 0 Å². The summed E-state index contributed by atoms with van der Waals surface area (Å²) in [5.74, 6) is 0.228. The van der Waals surface area contributed by atoms with Crippen LogP contribution in [0.2, 0.25) is 0 Å². The number of fused-ring (bicyclic) bond motifs is 1. The van der Waals surface area contributed by atoms with Crippen LogP contribution in [-0.4, -0.2) is 15.5 Å². The van der Waals surface area contributed by atoms with Crippen molar-refractivity contribution in [1.29, 1.82) is 0 Å². The summed E-state index contributed by atoms with van der Waals surface area (Å²) in [5.41, 5.74) is 3.91. The molecule has 0 saturated heterocycles. The molecule has 0 radical (unpaired) electrons. The van der Waals surface area contributed by atoms with Crippen LogP contribution in [0.1, 0.15) is 30.9 Å². The molecule has 6 heteroatoms. The molecule has 2 aromatic carbocycles. The molecule has 1 N–H and O–H groups in total. The summed E-state index contributed by atoms with van der Waals surface area (Å²) in [4.78, 5) is 30.6. The first-order valence-corrected chi connectivity index (χ1v) is 10.8. The van der Waals surface area contributed by atoms with Crippen LogP contribution >= 0.6 is 11.3 Å². The SMILES string of the molecule is CC(C)c1ccc(-c2csc3ncn(CC(=O)NCc4ccccc4)c(=O)c23)cc1. The molecule has 0 fully saturated rings. The van der Waals surface area contributed by atoms with Crippen LogP contribution in [0.3, 0.4) is 0 Å². The molecule has 0 bridgehead atoms. The van der Waals surface area contributed by atoms with E-state index in [1.54, 1.807) is 0 Å². The summed E-state index contributed by atoms with van der Waals surface area (Å²) >= 11 is 1.44. The van der Waals surface area contributed by atoms with E-state index in [1.165, 1.54) is 27.8 Å². The van der Waals surface area contributed by atoms with Crippen molar-refractivity contribution in [3.05, 3.63) is 87.8 Å². The first kappa shape index (κ1) is 20.0. The van der Waals surface area contributed by atoms with Crippen molar-refractivity contribution in [2.75, 3.05) is 0 Å². The summed E-state index contributed by atoms with van der Waals surface area (Å²) in [6.07, 6.45) is 1.45. The van der Waals surface area contributed by atoms with Gasteiger partial charge in [-0.2, -0.15) is 0 Å². The Morgan fingerprint density at radius 3 is 2.53 bits per heavy atom. The third-order valence-corrected chi connectivity index (χ3v) is 5.98. The number of rotatable bonds is 6. The summed E-state index contributed by atoms with van der Waals surface area (Å²) in [7, 11) is 0. The molecule has 0 aliphatic carbocycles. The first-order chi connectivity index (χ1) is 14.5. The summed E-state index contributed by atoms with van der Waals surface area (Å²) in [5, 5.41) is 5.38. The number of benzene rings is 2. The Kier molecular flexibility index (Phi) is 5.77. The largest absolute Gasteiger partial charge is 0.350 e. The molecule has 0 atom stereocenters. The number of thiophene rings is 1. The fourth-order valence-electron chi connectivity index (χ4n) is 3.35. The Labute approximate surface area is 179 Å². The van der Waals surface area contributed by atoms with Crippen LogP contribution in [0, 0.1) is 0 Å². The van der Waals surface area contributed by atoms with Crippen molar-refractivity contribution in [2.24, 2.45) is 0 Å². The number of hydrogen-bond donors (Lipinski definition) is 1. The highest BCUT2D eigenvalue weighted by Crippen LogP contribution is 2.31. The Morgan fingerprint density at radius 1 is 1.10 bits per heavy atom. The van der Waals surface area contributed by atoms with Gasteiger partial charge in [-0.25, -0.2) is 4.98 Å². The van der Waals surface area contributed by atoms with E-state index >= 15 is 0 Å². The summed E-state index contributed by atoms with van der Waals surface area (Å²) in [6, 6.07) is 17.9. The maximum absolute atomic E-state index is 13.1. The van der Waals surface area contributed by atoms with Gasteiger partial charge >= 0.3 is 0 Å². The summed E-state index contributed by atoms with van der Waals surface area (Å²) in [6.45, 7) is 4.67. The average molecular weight is 418 g/mol. The molecule has 0 aliphatic heterocycles. The van der Waals surface area contributed by atoms with Gasteiger partial charge < -0.3 is 5.32 Å². The molecule has 5 nitrogen and oxygen atoms in total. The van der Waals surface area contributed by atoms with E-state index in [9.17, 15) is 9.59 Å². The Morgan fingerprint density at radius 2 is 1.83 bits per heavy atom. The average Bonchev–Trinajstić information content (AvgIpc) is 3.20. The smallest absolute Gasteiger partial charge is 0.263 e. The maximum Gasteiger partial charge on any atom is 0.263 e. The lowest BCUT2D eigenvalue weighted by atomic mass is 9.99. The van der Waals surface area contributed by atoms with Gasteiger partial charge in [0.05, 0.1) is 11.7 Å². The van der Waals surface area contributed by atoms with E-state index < -0.39 is 0 Å². The van der Waals surface area contributed by atoms with Crippen LogP contribution in [0.25, 0.3) is 21.3 Å². The standard InChI is InChI=1S/C24H23N3O2S/c1-16(2)18-8-10-19(11-9-18)20-14-30-23-22(20)24(29)27(15-26-23)13-21(28)25-12-17-6-4-3-5-7-17/h3-11,14-16H,12-13H2,1-2H3,(H,25,28). The van der Waals surface area contributed by atoms with Gasteiger partial charge in [-0.15, -0.1) is 11.3 Å². The number of carbonyl (C=O) groups excluding carboxylic acids is 1. The lowest BCUT2D eigenvalue weighted by molar-refractivity contribution is -0.121. The quantitative estimate of drug-likeness (QED) is 0.500. The van der Waals surface area contributed by atoms with Crippen molar-refractivity contribution < 1.29 is 4.79 Å². The third-order valence-electron chi connectivity index (χ3n) is 5.10. The molecule has 4 aromatic rings. The molecule has 4 rings (SSSR count). The second-order valence-electron chi connectivity index (χ2n) is 7.55. The highest BCUT2D eigenvalue weighted by molar-refractivity contribution is 7.17. The van der Waals surface area contributed by atoms with Gasteiger partial charge in [0.25, 0.3) is 5.56 Å². The molecule has 0 spiro atoms. The number of carbonyl (C=O) groups is 1. The van der Waals surface area contributed by atoms with E-state index in [-0.39, 0.29) is 18.0 Å².